The summed E-state index contributed by atoms with van der Waals surface area (Å²) in [7, 11) is 0. The van der Waals surface area contributed by atoms with E-state index in [9.17, 15) is 0 Å². The second-order valence-corrected chi connectivity index (χ2v) is 3.26. The van der Waals surface area contributed by atoms with E-state index in [0.717, 1.165) is 12.3 Å². The van der Waals surface area contributed by atoms with Crippen LogP contribution in [-0.4, -0.2) is 30.3 Å². The van der Waals surface area contributed by atoms with Crippen LogP contribution in [0.5, 0.6) is 0 Å². The Balaban J connectivity index is 1.98. The van der Waals surface area contributed by atoms with E-state index in [1.54, 1.807) is 11.8 Å². The largest absolute Gasteiger partial charge is 0.353 e. The quantitative estimate of drug-likeness (QED) is 0.631. The average Bonchev–Trinajstić information content (AvgIpc) is 2.34. The molecule has 1 heterocycles. The summed E-state index contributed by atoms with van der Waals surface area (Å²) in [6, 6.07) is 0. The van der Waals surface area contributed by atoms with Crippen LogP contribution in [0.1, 0.15) is 0 Å². The van der Waals surface area contributed by atoms with Gasteiger partial charge in [-0.2, -0.15) is 0 Å². The van der Waals surface area contributed by atoms with Crippen LogP contribution < -0.4 is 5.32 Å². The molecule has 1 rings (SSSR count). The van der Waals surface area contributed by atoms with Gasteiger partial charge >= 0.3 is 0 Å². The standard InChI is InChI=1S/C5H10ClNOS/c6-1-3-8-5-7-2-4-9-5/h5,7H,1-4H2. The van der Waals surface area contributed by atoms with Crippen molar-refractivity contribution in [3.8, 4) is 0 Å². The van der Waals surface area contributed by atoms with E-state index in [-0.39, 0.29) is 5.56 Å². The van der Waals surface area contributed by atoms with E-state index >= 15 is 0 Å². The zero-order valence-electron chi connectivity index (χ0n) is 5.10. The molecule has 0 amide bonds. The number of ether oxygens (including phenoxy) is 1. The minimum absolute atomic E-state index is 0.198. The van der Waals surface area contributed by atoms with Gasteiger partial charge in [0.1, 0.15) is 0 Å². The lowest BCUT2D eigenvalue weighted by atomic mass is 10.8. The Morgan fingerprint density at radius 3 is 3.22 bits per heavy atom. The first kappa shape index (κ1) is 7.66. The molecule has 1 atom stereocenters. The minimum Gasteiger partial charge on any atom is -0.353 e. The number of hydrogen-bond donors (Lipinski definition) is 1. The van der Waals surface area contributed by atoms with Crippen LogP contribution >= 0.6 is 23.4 Å². The van der Waals surface area contributed by atoms with E-state index in [0.29, 0.717) is 12.5 Å². The first-order chi connectivity index (χ1) is 4.43. The van der Waals surface area contributed by atoms with Gasteiger partial charge in [-0.3, -0.25) is 5.32 Å². The molecule has 1 aliphatic rings. The normalized spacial score (nSPS) is 27.0. The maximum atomic E-state index is 5.42. The molecule has 0 bridgehead atoms. The van der Waals surface area contributed by atoms with Gasteiger partial charge in [-0.05, 0) is 0 Å². The van der Waals surface area contributed by atoms with Crippen LogP contribution in [0.25, 0.3) is 0 Å². The number of hydrogen-bond acceptors (Lipinski definition) is 3. The summed E-state index contributed by atoms with van der Waals surface area (Å²) in [4.78, 5) is 0. The number of rotatable bonds is 3. The fourth-order valence-corrected chi connectivity index (χ4v) is 1.63. The first-order valence-corrected chi connectivity index (χ1v) is 4.54. The van der Waals surface area contributed by atoms with Gasteiger partial charge in [0.25, 0.3) is 0 Å². The molecule has 0 radical (unpaired) electrons. The maximum absolute atomic E-state index is 5.42. The number of nitrogens with one attached hydrogen (secondary N) is 1. The highest BCUT2D eigenvalue weighted by Gasteiger charge is 2.13. The van der Waals surface area contributed by atoms with Crippen LogP contribution in [0.4, 0.5) is 0 Å². The Labute approximate surface area is 64.3 Å². The Bertz CT molecular complexity index is 77.4. The van der Waals surface area contributed by atoms with Crippen LogP contribution in [0, 0.1) is 0 Å². The fourth-order valence-electron chi connectivity index (χ4n) is 0.660. The third-order valence-corrected chi connectivity index (χ3v) is 2.23. The van der Waals surface area contributed by atoms with Crippen molar-refractivity contribution >= 4 is 23.4 Å². The summed E-state index contributed by atoms with van der Waals surface area (Å²) in [5.74, 6) is 1.73. The Hall–Kier alpha value is 0.560. The predicted molar refractivity (Wildman–Crippen MR) is 40.9 cm³/mol. The molecule has 1 saturated heterocycles. The third kappa shape index (κ3) is 2.76. The maximum Gasteiger partial charge on any atom is 0.156 e. The zero-order valence-corrected chi connectivity index (χ0v) is 6.67. The molecule has 0 aromatic heterocycles. The van der Waals surface area contributed by atoms with Gasteiger partial charge in [0.05, 0.1) is 6.61 Å². The molecule has 1 unspecified atom stereocenters. The van der Waals surface area contributed by atoms with Crippen molar-refractivity contribution in [2.75, 3.05) is 24.8 Å². The second-order valence-electron chi connectivity index (χ2n) is 1.72. The van der Waals surface area contributed by atoms with Crippen molar-refractivity contribution in [3.63, 3.8) is 0 Å². The molecule has 1 fully saturated rings. The van der Waals surface area contributed by atoms with Crippen LogP contribution in [0.3, 0.4) is 0 Å². The van der Waals surface area contributed by atoms with Gasteiger partial charge in [-0.1, -0.05) is 0 Å². The average molecular weight is 168 g/mol. The first-order valence-electron chi connectivity index (χ1n) is 2.96. The smallest absolute Gasteiger partial charge is 0.156 e. The molecule has 0 aromatic carbocycles. The molecule has 0 saturated carbocycles. The van der Waals surface area contributed by atoms with Gasteiger partial charge in [0.2, 0.25) is 0 Å². The molecule has 2 nitrogen and oxygen atoms in total. The zero-order chi connectivity index (χ0) is 6.53. The molecule has 1 N–H and O–H groups in total. The number of halogens is 1. The molecular formula is C5H10ClNOS. The molecule has 0 spiro atoms. The molecule has 0 aromatic rings. The van der Waals surface area contributed by atoms with Gasteiger partial charge in [0.15, 0.2) is 5.56 Å². The highest BCUT2D eigenvalue weighted by atomic mass is 35.5. The summed E-state index contributed by atoms with van der Waals surface area (Å²) >= 11 is 7.21. The lowest BCUT2D eigenvalue weighted by Gasteiger charge is -2.08. The van der Waals surface area contributed by atoms with E-state index in [4.69, 9.17) is 16.3 Å². The third-order valence-electron chi connectivity index (χ3n) is 1.03. The lowest BCUT2D eigenvalue weighted by molar-refractivity contribution is 0.110. The van der Waals surface area contributed by atoms with Crippen molar-refractivity contribution in [1.29, 1.82) is 0 Å². The van der Waals surface area contributed by atoms with Crippen molar-refractivity contribution in [2.45, 2.75) is 5.56 Å². The number of alkyl halides is 1. The van der Waals surface area contributed by atoms with Crippen LogP contribution in [0.15, 0.2) is 0 Å². The topological polar surface area (TPSA) is 21.3 Å². The molecule has 1 aliphatic heterocycles. The van der Waals surface area contributed by atoms with Gasteiger partial charge in [-0.15, -0.1) is 23.4 Å². The molecule has 54 valence electrons. The Morgan fingerprint density at radius 2 is 2.67 bits per heavy atom. The molecule has 4 heteroatoms. The van der Waals surface area contributed by atoms with Gasteiger partial charge in [-0.25, -0.2) is 0 Å². The summed E-state index contributed by atoms with van der Waals surface area (Å²) in [6.45, 7) is 1.70. The molecular weight excluding hydrogens is 158 g/mol. The highest BCUT2D eigenvalue weighted by Crippen LogP contribution is 2.13. The Morgan fingerprint density at radius 1 is 1.78 bits per heavy atom. The fraction of sp³-hybridized carbons (Fsp3) is 1.00. The summed E-state index contributed by atoms with van der Waals surface area (Å²) in [5, 5.41) is 3.17. The van der Waals surface area contributed by atoms with Crippen molar-refractivity contribution in [1.82, 2.24) is 5.32 Å². The predicted octanol–water partition coefficient (Wildman–Crippen LogP) is 0.862. The van der Waals surface area contributed by atoms with Crippen LogP contribution in [0.2, 0.25) is 0 Å². The minimum atomic E-state index is 0.198. The SMILES string of the molecule is ClCCOC1NCCS1. The highest BCUT2D eigenvalue weighted by molar-refractivity contribution is 7.99. The molecule has 9 heavy (non-hydrogen) atoms. The van der Waals surface area contributed by atoms with Crippen LogP contribution in [-0.2, 0) is 4.74 Å². The second kappa shape index (κ2) is 4.39. The summed E-state index contributed by atoms with van der Waals surface area (Å²) in [5.41, 5.74) is 0.198. The number of thioether (sulfide) groups is 1. The lowest BCUT2D eigenvalue weighted by Crippen LogP contribution is -2.23. The molecule has 0 aliphatic carbocycles. The summed E-state index contributed by atoms with van der Waals surface area (Å²) in [6.07, 6.45) is 0. The van der Waals surface area contributed by atoms with E-state index in [1.165, 1.54) is 0 Å². The van der Waals surface area contributed by atoms with Gasteiger partial charge in [0, 0.05) is 18.2 Å². The van der Waals surface area contributed by atoms with Crippen molar-refractivity contribution in [2.24, 2.45) is 0 Å². The Kier molecular flexibility index (Phi) is 3.74. The van der Waals surface area contributed by atoms with E-state index in [1.807, 2.05) is 0 Å². The van der Waals surface area contributed by atoms with Crippen molar-refractivity contribution in [3.05, 3.63) is 0 Å². The summed E-state index contributed by atoms with van der Waals surface area (Å²) < 4.78 is 5.27. The van der Waals surface area contributed by atoms with Gasteiger partial charge < -0.3 is 4.74 Å². The van der Waals surface area contributed by atoms with E-state index in [2.05, 4.69) is 5.32 Å². The van der Waals surface area contributed by atoms with E-state index < -0.39 is 0 Å². The van der Waals surface area contributed by atoms with Crippen molar-refractivity contribution < 1.29 is 4.74 Å². The monoisotopic (exact) mass is 167 g/mol.